The van der Waals surface area contributed by atoms with Gasteiger partial charge in [0.2, 0.25) is 20.0 Å². The molecule has 1 aliphatic heterocycles. The molecule has 106 valence electrons. The van der Waals surface area contributed by atoms with Crippen molar-refractivity contribution >= 4 is 25.7 Å². The van der Waals surface area contributed by atoms with E-state index in [1.54, 1.807) is 24.3 Å². The van der Waals surface area contributed by atoms with E-state index >= 15 is 0 Å². The van der Waals surface area contributed by atoms with E-state index in [4.69, 9.17) is 0 Å². The first-order valence-electron chi connectivity index (χ1n) is 5.72. The summed E-state index contributed by atoms with van der Waals surface area (Å²) in [5.41, 5.74) is 1.22. The molecule has 0 amide bonds. The average molecular weight is 304 g/mol. The van der Waals surface area contributed by atoms with Crippen LogP contribution in [0.5, 0.6) is 0 Å². The predicted octanol–water partition coefficient (Wildman–Crippen LogP) is 0.447. The first-order chi connectivity index (χ1) is 8.68. The summed E-state index contributed by atoms with van der Waals surface area (Å²) in [4.78, 5) is 0. The van der Waals surface area contributed by atoms with Gasteiger partial charge in [0.25, 0.3) is 0 Å². The van der Waals surface area contributed by atoms with Crippen LogP contribution in [0.3, 0.4) is 0 Å². The molecule has 1 heterocycles. The third kappa shape index (κ3) is 3.26. The third-order valence-corrected chi connectivity index (χ3v) is 4.85. The van der Waals surface area contributed by atoms with Crippen molar-refractivity contribution in [3.63, 3.8) is 0 Å². The van der Waals surface area contributed by atoms with Crippen molar-refractivity contribution in [2.45, 2.75) is 12.5 Å². The van der Waals surface area contributed by atoms with Crippen LogP contribution in [0.15, 0.2) is 24.3 Å². The summed E-state index contributed by atoms with van der Waals surface area (Å²) in [6, 6.07) is 6.55. The topological polar surface area (TPSA) is 83.6 Å². The molecular weight excluding hydrogens is 288 g/mol. The fraction of sp³-hybridized carbons (Fsp3) is 0.455. The molecule has 1 aliphatic rings. The second kappa shape index (κ2) is 4.77. The maximum absolute atomic E-state index is 11.7. The molecule has 1 aromatic carbocycles. The molecule has 0 aliphatic carbocycles. The Labute approximate surface area is 113 Å². The molecular formula is C11H16N2O4S2. The Morgan fingerprint density at radius 2 is 1.79 bits per heavy atom. The molecule has 1 unspecified atom stereocenters. The van der Waals surface area contributed by atoms with Gasteiger partial charge in [-0.2, -0.15) is 0 Å². The minimum absolute atomic E-state index is 0.267. The second-order valence-electron chi connectivity index (χ2n) is 4.63. The molecule has 1 atom stereocenters. The van der Waals surface area contributed by atoms with E-state index in [2.05, 4.69) is 4.72 Å². The zero-order chi connectivity index (χ0) is 14.3. The van der Waals surface area contributed by atoms with E-state index in [1.165, 1.54) is 4.31 Å². The molecule has 19 heavy (non-hydrogen) atoms. The van der Waals surface area contributed by atoms with Crippen LogP contribution in [-0.4, -0.2) is 35.9 Å². The summed E-state index contributed by atoms with van der Waals surface area (Å²) < 4.78 is 50.0. The summed E-state index contributed by atoms with van der Waals surface area (Å²) in [7, 11) is -6.69. The average Bonchev–Trinajstić information content (AvgIpc) is 2.25. The van der Waals surface area contributed by atoms with Gasteiger partial charge >= 0.3 is 0 Å². The van der Waals surface area contributed by atoms with Crippen LogP contribution in [-0.2, 0) is 20.0 Å². The van der Waals surface area contributed by atoms with Gasteiger partial charge in [0.05, 0.1) is 24.2 Å². The minimum Gasteiger partial charge on any atom is -0.270 e. The highest BCUT2D eigenvalue weighted by Gasteiger charge is 2.30. The molecule has 1 aromatic rings. The van der Waals surface area contributed by atoms with E-state index < -0.39 is 20.0 Å². The summed E-state index contributed by atoms with van der Waals surface area (Å²) in [5.74, 6) is 0. The lowest BCUT2D eigenvalue weighted by atomic mass is 9.99. The van der Waals surface area contributed by atoms with E-state index in [9.17, 15) is 16.8 Å². The first-order valence-corrected chi connectivity index (χ1v) is 9.46. The fourth-order valence-electron chi connectivity index (χ4n) is 2.26. The van der Waals surface area contributed by atoms with Gasteiger partial charge < -0.3 is 0 Å². The molecule has 0 spiro atoms. The molecule has 6 nitrogen and oxygen atoms in total. The summed E-state index contributed by atoms with van der Waals surface area (Å²) in [6.45, 7) is 0.267. The van der Waals surface area contributed by atoms with Crippen LogP contribution in [0, 0.1) is 0 Å². The molecule has 0 aromatic heterocycles. The Morgan fingerprint density at radius 1 is 1.16 bits per heavy atom. The van der Waals surface area contributed by atoms with Gasteiger partial charge in [-0.3, -0.25) is 4.31 Å². The van der Waals surface area contributed by atoms with Crippen LogP contribution in [0.2, 0.25) is 0 Å². The number of rotatable bonds is 3. The van der Waals surface area contributed by atoms with Gasteiger partial charge in [0.15, 0.2) is 0 Å². The smallest absolute Gasteiger partial charge is 0.232 e. The Balaban J connectivity index is 2.46. The number of sulfonamides is 2. The Hall–Kier alpha value is -1.12. The monoisotopic (exact) mass is 304 g/mol. The van der Waals surface area contributed by atoms with Crippen LogP contribution in [0.1, 0.15) is 18.0 Å². The SMILES string of the molecule is CS(=O)(=O)NC1CCN(S(C)(=O)=O)c2ccccc21. The number of nitrogens with one attached hydrogen (secondary N) is 1. The van der Waals surface area contributed by atoms with Crippen LogP contribution < -0.4 is 9.03 Å². The maximum Gasteiger partial charge on any atom is 0.232 e. The van der Waals surface area contributed by atoms with Gasteiger partial charge in [0, 0.05) is 6.54 Å². The van der Waals surface area contributed by atoms with Gasteiger partial charge in [-0.05, 0) is 18.1 Å². The second-order valence-corrected chi connectivity index (χ2v) is 8.31. The predicted molar refractivity (Wildman–Crippen MR) is 74.0 cm³/mol. The lowest BCUT2D eigenvalue weighted by Crippen LogP contribution is -2.40. The third-order valence-electron chi connectivity index (χ3n) is 2.96. The summed E-state index contributed by atoms with van der Waals surface area (Å²) in [6.07, 6.45) is 2.66. The Morgan fingerprint density at radius 3 is 2.37 bits per heavy atom. The van der Waals surface area contributed by atoms with Crippen molar-refractivity contribution in [1.82, 2.24) is 4.72 Å². The molecule has 2 rings (SSSR count). The van der Waals surface area contributed by atoms with Crippen molar-refractivity contribution in [2.75, 3.05) is 23.4 Å². The van der Waals surface area contributed by atoms with Crippen LogP contribution >= 0.6 is 0 Å². The van der Waals surface area contributed by atoms with Crippen LogP contribution in [0.25, 0.3) is 0 Å². The number of para-hydroxylation sites is 1. The minimum atomic E-state index is -3.35. The number of anilines is 1. The summed E-state index contributed by atoms with van der Waals surface area (Å²) in [5, 5.41) is 0. The standard InChI is InChI=1S/C11H16N2O4S2/c1-18(14,15)12-10-7-8-13(19(2,16)17)11-6-4-3-5-9(10)11/h3-6,10,12H,7-8H2,1-2H3. The van der Waals surface area contributed by atoms with E-state index in [-0.39, 0.29) is 12.6 Å². The first kappa shape index (κ1) is 14.3. The highest BCUT2D eigenvalue weighted by Crippen LogP contribution is 2.35. The van der Waals surface area contributed by atoms with E-state index in [0.717, 1.165) is 12.5 Å². The zero-order valence-electron chi connectivity index (χ0n) is 10.7. The fourth-order valence-corrected chi connectivity index (χ4v) is 3.98. The largest absolute Gasteiger partial charge is 0.270 e. The van der Waals surface area contributed by atoms with Crippen molar-refractivity contribution in [3.8, 4) is 0 Å². The van der Waals surface area contributed by atoms with Crippen molar-refractivity contribution in [3.05, 3.63) is 29.8 Å². The number of fused-ring (bicyclic) bond motifs is 1. The number of benzene rings is 1. The molecule has 0 saturated heterocycles. The lowest BCUT2D eigenvalue weighted by molar-refractivity contribution is 0.534. The van der Waals surface area contributed by atoms with E-state index in [1.807, 2.05) is 0 Å². The van der Waals surface area contributed by atoms with Crippen molar-refractivity contribution in [2.24, 2.45) is 0 Å². The van der Waals surface area contributed by atoms with Crippen molar-refractivity contribution < 1.29 is 16.8 Å². The summed E-state index contributed by atoms with van der Waals surface area (Å²) >= 11 is 0. The maximum atomic E-state index is 11.7. The molecule has 0 saturated carbocycles. The Kier molecular flexibility index (Phi) is 3.59. The molecule has 8 heteroatoms. The molecule has 0 radical (unpaired) electrons. The molecule has 1 N–H and O–H groups in total. The van der Waals surface area contributed by atoms with Gasteiger partial charge in [-0.15, -0.1) is 0 Å². The normalized spacial score (nSPS) is 20.1. The number of hydrogen-bond donors (Lipinski definition) is 1. The molecule has 0 fully saturated rings. The van der Waals surface area contributed by atoms with Gasteiger partial charge in [-0.25, -0.2) is 21.6 Å². The van der Waals surface area contributed by atoms with Gasteiger partial charge in [0.1, 0.15) is 0 Å². The number of nitrogens with zero attached hydrogens (tertiary/aromatic N) is 1. The van der Waals surface area contributed by atoms with E-state index in [0.29, 0.717) is 17.7 Å². The lowest BCUT2D eigenvalue weighted by Gasteiger charge is -2.34. The number of hydrogen-bond acceptors (Lipinski definition) is 4. The zero-order valence-corrected chi connectivity index (χ0v) is 12.3. The van der Waals surface area contributed by atoms with Crippen molar-refractivity contribution in [1.29, 1.82) is 0 Å². The highest BCUT2D eigenvalue weighted by molar-refractivity contribution is 7.92. The highest BCUT2D eigenvalue weighted by atomic mass is 32.2. The van der Waals surface area contributed by atoms with Crippen LogP contribution in [0.4, 0.5) is 5.69 Å². The quantitative estimate of drug-likeness (QED) is 0.878. The van der Waals surface area contributed by atoms with Gasteiger partial charge in [-0.1, -0.05) is 18.2 Å². The Bertz CT molecular complexity index is 682. The molecule has 0 bridgehead atoms.